The van der Waals surface area contributed by atoms with Crippen molar-refractivity contribution in [1.29, 1.82) is 0 Å². The van der Waals surface area contributed by atoms with Crippen LogP contribution >= 0.6 is 11.6 Å². The molecule has 19 heavy (non-hydrogen) atoms. The van der Waals surface area contributed by atoms with Gasteiger partial charge < -0.3 is 5.32 Å². The smallest absolute Gasteiger partial charge is 0.0406 e. The first kappa shape index (κ1) is 13.5. The summed E-state index contributed by atoms with van der Waals surface area (Å²) in [6.45, 7) is 1.21. The van der Waals surface area contributed by atoms with Gasteiger partial charge in [-0.3, -0.25) is 0 Å². The molecular formula is C17H24ClN. The first-order valence-corrected chi connectivity index (χ1v) is 8.11. The largest absolute Gasteiger partial charge is 0.313 e. The maximum atomic E-state index is 5.99. The number of halogens is 1. The molecule has 0 spiro atoms. The first-order chi connectivity index (χ1) is 9.26. The quantitative estimate of drug-likeness (QED) is 0.830. The van der Waals surface area contributed by atoms with Crippen LogP contribution in [0.4, 0.5) is 0 Å². The van der Waals surface area contributed by atoms with E-state index in [1.165, 1.54) is 63.5 Å². The van der Waals surface area contributed by atoms with Crippen LogP contribution in [0, 0.1) is 5.41 Å². The fourth-order valence-corrected chi connectivity index (χ4v) is 3.53. The second-order valence-corrected chi connectivity index (χ2v) is 6.96. The molecule has 0 saturated heterocycles. The van der Waals surface area contributed by atoms with Crippen LogP contribution < -0.4 is 5.32 Å². The summed E-state index contributed by atoms with van der Waals surface area (Å²) in [7, 11) is 0. The Morgan fingerprint density at radius 1 is 1.05 bits per heavy atom. The van der Waals surface area contributed by atoms with Crippen molar-refractivity contribution in [3.05, 3.63) is 34.9 Å². The Hall–Kier alpha value is -0.530. The molecule has 0 atom stereocenters. The molecule has 1 aromatic rings. The molecule has 2 aliphatic carbocycles. The van der Waals surface area contributed by atoms with Crippen LogP contribution in [0.1, 0.15) is 50.5 Å². The monoisotopic (exact) mass is 277 g/mol. The zero-order valence-corrected chi connectivity index (χ0v) is 12.4. The van der Waals surface area contributed by atoms with E-state index in [0.717, 1.165) is 11.1 Å². The molecular weight excluding hydrogens is 254 g/mol. The van der Waals surface area contributed by atoms with E-state index >= 15 is 0 Å². The lowest BCUT2D eigenvalue weighted by Gasteiger charge is -2.38. The summed E-state index contributed by atoms with van der Waals surface area (Å²) in [5, 5.41) is 4.62. The molecule has 2 heteroatoms. The van der Waals surface area contributed by atoms with Gasteiger partial charge in [-0.15, -0.1) is 0 Å². The van der Waals surface area contributed by atoms with Crippen molar-refractivity contribution in [3.8, 4) is 0 Å². The van der Waals surface area contributed by atoms with E-state index in [1.807, 2.05) is 12.1 Å². The second-order valence-electron chi connectivity index (χ2n) is 6.52. The molecule has 2 fully saturated rings. The Labute approximate surface area is 121 Å². The van der Waals surface area contributed by atoms with Gasteiger partial charge in [-0.1, -0.05) is 43.0 Å². The summed E-state index contributed by atoms with van der Waals surface area (Å²) in [5.74, 6) is 0. The number of nitrogens with one attached hydrogen (secondary N) is 1. The van der Waals surface area contributed by atoms with Crippen molar-refractivity contribution in [2.75, 3.05) is 6.54 Å². The summed E-state index contributed by atoms with van der Waals surface area (Å²) < 4.78 is 0. The van der Waals surface area contributed by atoms with E-state index in [9.17, 15) is 0 Å². The number of hydrogen-bond donors (Lipinski definition) is 1. The van der Waals surface area contributed by atoms with Crippen molar-refractivity contribution < 1.29 is 0 Å². The molecule has 3 rings (SSSR count). The predicted molar refractivity (Wildman–Crippen MR) is 81.7 cm³/mol. The van der Waals surface area contributed by atoms with Gasteiger partial charge >= 0.3 is 0 Å². The van der Waals surface area contributed by atoms with Gasteiger partial charge in [-0.2, -0.15) is 0 Å². The molecule has 0 aromatic heterocycles. The van der Waals surface area contributed by atoms with Crippen LogP contribution in [0.15, 0.2) is 24.3 Å². The molecule has 1 aromatic carbocycles. The van der Waals surface area contributed by atoms with Crippen LogP contribution in [-0.4, -0.2) is 12.6 Å². The SMILES string of the molecule is Clc1ccc(CC2(CNC3CC3)CCCCC2)cc1. The fraction of sp³-hybridized carbons (Fsp3) is 0.647. The van der Waals surface area contributed by atoms with E-state index in [4.69, 9.17) is 11.6 Å². The van der Waals surface area contributed by atoms with Crippen LogP contribution in [-0.2, 0) is 6.42 Å². The van der Waals surface area contributed by atoms with Gasteiger partial charge in [0.15, 0.2) is 0 Å². The summed E-state index contributed by atoms with van der Waals surface area (Å²) in [5.41, 5.74) is 1.94. The Balaban J connectivity index is 1.68. The number of hydrogen-bond acceptors (Lipinski definition) is 1. The topological polar surface area (TPSA) is 12.0 Å². The van der Waals surface area contributed by atoms with Gasteiger partial charge in [0.2, 0.25) is 0 Å². The lowest BCUT2D eigenvalue weighted by Crippen LogP contribution is -2.38. The maximum absolute atomic E-state index is 5.99. The third-order valence-corrected chi connectivity index (χ3v) is 5.00. The maximum Gasteiger partial charge on any atom is 0.0406 e. The number of rotatable bonds is 5. The normalized spacial score (nSPS) is 22.4. The molecule has 0 unspecified atom stereocenters. The molecule has 2 saturated carbocycles. The minimum atomic E-state index is 0.495. The highest BCUT2D eigenvalue weighted by atomic mass is 35.5. The molecule has 0 amide bonds. The Kier molecular flexibility index (Phi) is 4.14. The van der Waals surface area contributed by atoms with E-state index in [1.54, 1.807) is 0 Å². The standard InChI is InChI=1S/C17H24ClN/c18-15-6-4-14(5-7-15)12-17(10-2-1-3-11-17)13-19-16-8-9-16/h4-7,16,19H,1-3,8-13H2. The fourth-order valence-electron chi connectivity index (χ4n) is 3.40. The molecule has 0 heterocycles. The van der Waals surface area contributed by atoms with E-state index in [-0.39, 0.29) is 0 Å². The van der Waals surface area contributed by atoms with Crippen molar-refractivity contribution in [2.45, 2.75) is 57.4 Å². The molecule has 0 bridgehead atoms. The lowest BCUT2D eigenvalue weighted by molar-refractivity contribution is 0.180. The third kappa shape index (κ3) is 3.73. The van der Waals surface area contributed by atoms with Crippen LogP contribution in [0.5, 0.6) is 0 Å². The van der Waals surface area contributed by atoms with Gasteiger partial charge in [-0.05, 0) is 55.2 Å². The van der Waals surface area contributed by atoms with Gasteiger partial charge in [0.05, 0.1) is 0 Å². The van der Waals surface area contributed by atoms with Crippen LogP contribution in [0.3, 0.4) is 0 Å². The van der Waals surface area contributed by atoms with E-state index in [2.05, 4.69) is 17.4 Å². The van der Waals surface area contributed by atoms with Crippen molar-refractivity contribution in [3.63, 3.8) is 0 Å². The van der Waals surface area contributed by atoms with E-state index < -0.39 is 0 Å². The summed E-state index contributed by atoms with van der Waals surface area (Å²) >= 11 is 5.99. The zero-order chi connectivity index (χ0) is 13.1. The lowest BCUT2D eigenvalue weighted by atomic mass is 9.70. The van der Waals surface area contributed by atoms with Crippen LogP contribution in [0.25, 0.3) is 0 Å². The Morgan fingerprint density at radius 3 is 2.37 bits per heavy atom. The molecule has 0 radical (unpaired) electrons. The molecule has 104 valence electrons. The Morgan fingerprint density at radius 2 is 1.74 bits per heavy atom. The van der Waals surface area contributed by atoms with Crippen molar-refractivity contribution in [2.24, 2.45) is 5.41 Å². The average Bonchev–Trinajstić information content (AvgIpc) is 3.25. The van der Waals surface area contributed by atoms with Crippen molar-refractivity contribution >= 4 is 11.6 Å². The number of benzene rings is 1. The van der Waals surface area contributed by atoms with Gasteiger partial charge in [0.25, 0.3) is 0 Å². The minimum absolute atomic E-state index is 0.495. The van der Waals surface area contributed by atoms with E-state index in [0.29, 0.717) is 5.41 Å². The summed E-state index contributed by atoms with van der Waals surface area (Å²) in [6.07, 6.45) is 11.0. The minimum Gasteiger partial charge on any atom is -0.313 e. The average molecular weight is 278 g/mol. The highest BCUT2D eigenvalue weighted by Crippen LogP contribution is 2.39. The predicted octanol–water partition coefficient (Wildman–Crippen LogP) is 4.59. The molecule has 2 aliphatic rings. The molecule has 0 aliphatic heterocycles. The molecule has 1 N–H and O–H groups in total. The molecule has 1 nitrogen and oxygen atoms in total. The Bertz CT molecular complexity index is 402. The van der Waals surface area contributed by atoms with Gasteiger partial charge in [0.1, 0.15) is 0 Å². The second kappa shape index (κ2) is 5.85. The highest BCUT2D eigenvalue weighted by Gasteiger charge is 2.34. The summed E-state index contributed by atoms with van der Waals surface area (Å²) in [4.78, 5) is 0. The zero-order valence-electron chi connectivity index (χ0n) is 11.6. The summed E-state index contributed by atoms with van der Waals surface area (Å²) in [6, 6.07) is 9.29. The first-order valence-electron chi connectivity index (χ1n) is 7.74. The van der Waals surface area contributed by atoms with Crippen molar-refractivity contribution in [1.82, 2.24) is 5.32 Å². The highest BCUT2D eigenvalue weighted by molar-refractivity contribution is 6.30. The third-order valence-electron chi connectivity index (χ3n) is 4.75. The van der Waals surface area contributed by atoms with Crippen LogP contribution in [0.2, 0.25) is 5.02 Å². The van der Waals surface area contributed by atoms with Gasteiger partial charge in [0, 0.05) is 17.6 Å². The van der Waals surface area contributed by atoms with Gasteiger partial charge in [-0.25, -0.2) is 0 Å².